The minimum absolute atomic E-state index is 0.383. The zero-order chi connectivity index (χ0) is 19.3. The number of nitrogens with one attached hydrogen (secondary N) is 1. The molecule has 2 aliphatic heterocycles. The van der Waals surface area contributed by atoms with Crippen molar-refractivity contribution in [2.75, 3.05) is 32.7 Å². The predicted molar refractivity (Wildman–Crippen MR) is 109 cm³/mol. The second-order valence-electron chi connectivity index (χ2n) is 7.62. The first-order chi connectivity index (χ1) is 13.0. The van der Waals surface area contributed by atoms with Gasteiger partial charge in [-0.15, -0.1) is 0 Å². The number of piperidine rings is 1. The number of aliphatic imine (C=N–C) groups is 1. The number of rotatable bonds is 5. The van der Waals surface area contributed by atoms with Crippen molar-refractivity contribution in [1.29, 1.82) is 0 Å². The largest absolute Gasteiger partial charge is 0.357 e. The van der Waals surface area contributed by atoms with Crippen molar-refractivity contribution < 1.29 is 8.42 Å². The predicted octanol–water partition coefficient (Wildman–Crippen LogP) is 2.67. The molecule has 1 aromatic rings. The van der Waals surface area contributed by atoms with Gasteiger partial charge in [0.05, 0.1) is 11.4 Å². The van der Waals surface area contributed by atoms with Gasteiger partial charge in [-0.25, -0.2) is 13.4 Å². The van der Waals surface area contributed by atoms with Gasteiger partial charge in [0.2, 0.25) is 10.0 Å². The van der Waals surface area contributed by atoms with Crippen LogP contribution in [0.25, 0.3) is 0 Å². The second kappa shape index (κ2) is 9.06. The van der Waals surface area contributed by atoms with Crippen LogP contribution >= 0.6 is 0 Å². The third kappa shape index (κ3) is 5.02. The fourth-order valence-electron chi connectivity index (χ4n) is 3.82. The molecule has 0 spiro atoms. The number of sulfonamides is 1. The third-order valence-electron chi connectivity index (χ3n) is 5.33. The smallest absolute Gasteiger partial charge is 0.243 e. The fraction of sp³-hybridized carbons (Fsp3) is 0.650. The number of likely N-dealkylation sites (tertiary alicyclic amines) is 1. The zero-order valence-corrected chi connectivity index (χ0v) is 17.3. The first-order valence-corrected chi connectivity index (χ1v) is 11.6. The molecule has 6 nitrogen and oxygen atoms in total. The molecular formula is C20H32N4O2S. The molecule has 1 aromatic carbocycles. The molecule has 0 radical (unpaired) electrons. The Morgan fingerprint density at radius 1 is 1.15 bits per heavy atom. The van der Waals surface area contributed by atoms with E-state index in [1.807, 2.05) is 12.1 Å². The van der Waals surface area contributed by atoms with Crippen molar-refractivity contribution >= 4 is 16.0 Å². The van der Waals surface area contributed by atoms with Gasteiger partial charge in [0.15, 0.2) is 5.96 Å². The SMILES string of the molecule is CCNC(=NCc1ccc(S(=O)(=O)N2CCCC2)cc1)N1CCCC(C)C1. The Balaban J connectivity index is 1.68. The molecule has 1 atom stereocenters. The lowest BCUT2D eigenvalue weighted by Gasteiger charge is -2.33. The maximum absolute atomic E-state index is 12.6. The summed E-state index contributed by atoms with van der Waals surface area (Å²) in [6.07, 6.45) is 4.39. The lowest BCUT2D eigenvalue weighted by molar-refractivity contribution is 0.266. The first kappa shape index (κ1) is 20.1. The summed E-state index contributed by atoms with van der Waals surface area (Å²) in [5, 5.41) is 3.39. The molecular weight excluding hydrogens is 360 g/mol. The molecule has 0 amide bonds. The van der Waals surface area contributed by atoms with Crippen molar-refractivity contribution in [2.24, 2.45) is 10.9 Å². The van der Waals surface area contributed by atoms with E-state index >= 15 is 0 Å². The van der Waals surface area contributed by atoms with Gasteiger partial charge < -0.3 is 10.2 Å². The van der Waals surface area contributed by atoms with Crippen LogP contribution in [0.4, 0.5) is 0 Å². The van der Waals surface area contributed by atoms with Crippen molar-refractivity contribution in [3.8, 4) is 0 Å². The Morgan fingerprint density at radius 3 is 2.48 bits per heavy atom. The highest BCUT2D eigenvalue weighted by Gasteiger charge is 2.26. The summed E-state index contributed by atoms with van der Waals surface area (Å²) >= 11 is 0. The topological polar surface area (TPSA) is 65.0 Å². The highest BCUT2D eigenvalue weighted by atomic mass is 32.2. The van der Waals surface area contributed by atoms with Gasteiger partial charge in [0, 0.05) is 32.7 Å². The summed E-state index contributed by atoms with van der Waals surface area (Å²) < 4.78 is 26.8. The van der Waals surface area contributed by atoms with Crippen molar-refractivity contribution in [1.82, 2.24) is 14.5 Å². The molecule has 7 heteroatoms. The molecule has 2 heterocycles. The average molecular weight is 393 g/mol. The lowest BCUT2D eigenvalue weighted by atomic mass is 10.0. The number of benzene rings is 1. The van der Waals surface area contributed by atoms with E-state index in [4.69, 9.17) is 4.99 Å². The normalized spacial score (nSPS) is 22.2. The van der Waals surface area contributed by atoms with Crippen molar-refractivity contribution in [2.45, 2.75) is 51.0 Å². The molecule has 3 rings (SSSR count). The molecule has 0 aromatic heterocycles. The van der Waals surface area contributed by atoms with E-state index in [1.54, 1.807) is 16.4 Å². The highest BCUT2D eigenvalue weighted by molar-refractivity contribution is 7.89. The van der Waals surface area contributed by atoms with E-state index in [1.165, 1.54) is 12.8 Å². The van der Waals surface area contributed by atoms with Gasteiger partial charge in [0.25, 0.3) is 0 Å². The summed E-state index contributed by atoms with van der Waals surface area (Å²) in [6.45, 7) is 9.12. The van der Waals surface area contributed by atoms with Crippen LogP contribution in [0.1, 0.15) is 45.1 Å². The summed E-state index contributed by atoms with van der Waals surface area (Å²) in [4.78, 5) is 7.50. The van der Waals surface area contributed by atoms with Crippen LogP contribution in [0.2, 0.25) is 0 Å². The standard InChI is InChI=1S/C20H32N4O2S/c1-3-21-20(23-12-6-7-17(2)16-23)22-15-18-8-10-19(11-9-18)27(25,26)24-13-4-5-14-24/h8-11,17H,3-7,12-16H2,1-2H3,(H,21,22). The van der Waals surface area contributed by atoms with Gasteiger partial charge in [-0.05, 0) is 56.2 Å². The molecule has 1 N–H and O–H groups in total. The van der Waals surface area contributed by atoms with Gasteiger partial charge >= 0.3 is 0 Å². The maximum atomic E-state index is 12.6. The molecule has 2 fully saturated rings. The first-order valence-electron chi connectivity index (χ1n) is 10.1. The van der Waals surface area contributed by atoms with Crippen molar-refractivity contribution in [3.05, 3.63) is 29.8 Å². The van der Waals surface area contributed by atoms with E-state index in [9.17, 15) is 8.42 Å². The minimum atomic E-state index is -3.34. The molecule has 27 heavy (non-hydrogen) atoms. The van der Waals surface area contributed by atoms with E-state index in [-0.39, 0.29) is 0 Å². The Labute approximate surface area is 163 Å². The molecule has 0 bridgehead atoms. The number of nitrogens with zero attached hydrogens (tertiary/aromatic N) is 3. The molecule has 0 saturated carbocycles. The Bertz CT molecular complexity index is 740. The van der Waals surface area contributed by atoms with Crippen LogP contribution in [0.3, 0.4) is 0 Å². The lowest BCUT2D eigenvalue weighted by Crippen LogP contribution is -2.46. The van der Waals surface area contributed by atoms with Crippen LogP contribution in [0.5, 0.6) is 0 Å². The fourth-order valence-corrected chi connectivity index (χ4v) is 5.34. The highest BCUT2D eigenvalue weighted by Crippen LogP contribution is 2.21. The second-order valence-corrected chi connectivity index (χ2v) is 9.56. The monoisotopic (exact) mass is 392 g/mol. The quantitative estimate of drug-likeness (QED) is 0.618. The van der Waals surface area contributed by atoms with Crippen molar-refractivity contribution in [3.63, 3.8) is 0 Å². The van der Waals surface area contributed by atoms with Crippen LogP contribution in [-0.2, 0) is 16.6 Å². The Morgan fingerprint density at radius 2 is 1.85 bits per heavy atom. The zero-order valence-electron chi connectivity index (χ0n) is 16.5. The number of hydrogen-bond acceptors (Lipinski definition) is 3. The van der Waals surface area contributed by atoms with E-state index < -0.39 is 10.0 Å². The van der Waals surface area contributed by atoms with Gasteiger partial charge in [-0.3, -0.25) is 0 Å². The molecule has 2 saturated heterocycles. The van der Waals surface area contributed by atoms with Crippen LogP contribution in [0, 0.1) is 5.92 Å². The van der Waals surface area contributed by atoms with Crippen LogP contribution in [0.15, 0.2) is 34.2 Å². The molecule has 150 valence electrons. The van der Waals surface area contributed by atoms with Gasteiger partial charge in [-0.1, -0.05) is 19.1 Å². The summed E-state index contributed by atoms with van der Waals surface area (Å²) in [6, 6.07) is 7.20. The molecule has 2 aliphatic rings. The van der Waals surface area contributed by atoms with Gasteiger partial charge in [-0.2, -0.15) is 4.31 Å². The molecule has 0 aliphatic carbocycles. The maximum Gasteiger partial charge on any atom is 0.243 e. The summed E-state index contributed by atoms with van der Waals surface area (Å²) in [7, 11) is -3.34. The van der Waals surface area contributed by atoms with Crippen LogP contribution < -0.4 is 5.32 Å². The van der Waals surface area contributed by atoms with E-state index in [0.29, 0.717) is 30.4 Å². The van der Waals surface area contributed by atoms with E-state index in [2.05, 4.69) is 24.1 Å². The Kier molecular flexibility index (Phi) is 6.76. The number of hydrogen-bond donors (Lipinski definition) is 1. The van der Waals surface area contributed by atoms with Crippen LogP contribution in [-0.4, -0.2) is 56.3 Å². The summed E-state index contributed by atoms with van der Waals surface area (Å²) in [5.74, 6) is 1.65. The van der Waals surface area contributed by atoms with Gasteiger partial charge in [0.1, 0.15) is 0 Å². The summed E-state index contributed by atoms with van der Waals surface area (Å²) in [5.41, 5.74) is 1.02. The minimum Gasteiger partial charge on any atom is -0.357 e. The number of guanidine groups is 1. The molecule has 1 unspecified atom stereocenters. The van der Waals surface area contributed by atoms with E-state index in [0.717, 1.165) is 44.0 Å². The average Bonchev–Trinajstić information content (AvgIpc) is 3.21. The third-order valence-corrected chi connectivity index (χ3v) is 7.24. The Hall–Kier alpha value is -1.60.